The van der Waals surface area contributed by atoms with Crippen LogP contribution in [0.3, 0.4) is 0 Å². The summed E-state index contributed by atoms with van der Waals surface area (Å²) < 4.78 is 3.88. The molecule has 3 rings (SSSR count). The lowest BCUT2D eigenvalue weighted by atomic mass is 10.2. The molecule has 1 aliphatic carbocycles. The number of aromatic amines is 1. The van der Waals surface area contributed by atoms with E-state index in [1.165, 1.54) is 12.8 Å². The minimum absolute atomic E-state index is 0.536. The van der Waals surface area contributed by atoms with Crippen LogP contribution in [0.1, 0.15) is 18.9 Å². The Bertz CT molecular complexity index is 583. The molecule has 0 radical (unpaired) electrons. The molecule has 0 saturated heterocycles. The molecule has 1 aromatic carbocycles. The zero-order valence-corrected chi connectivity index (χ0v) is 10.9. The Morgan fingerprint density at radius 1 is 1.38 bits per heavy atom. The van der Waals surface area contributed by atoms with Gasteiger partial charge >= 0.3 is 0 Å². The second kappa shape index (κ2) is 3.82. The fraction of sp³-hybridized carbons (Fsp3) is 0.273. The van der Waals surface area contributed by atoms with Gasteiger partial charge in [0.05, 0.1) is 0 Å². The molecular formula is C11H10BrN3S. The van der Waals surface area contributed by atoms with Gasteiger partial charge in [-0.25, -0.2) is 0 Å². The van der Waals surface area contributed by atoms with Crippen molar-refractivity contribution in [3.63, 3.8) is 0 Å². The zero-order valence-electron chi connectivity index (χ0n) is 8.48. The summed E-state index contributed by atoms with van der Waals surface area (Å²) in [5.74, 6) is 0.931. The van der Waals surface area contributed by atoms with Crippen LogP contribution < -0.4 is 0 Å². The van der Waals surface area contributed by atoms with Gasteiger partial charge in [0.25, 0.3) is 0 Å². The first-order chi connectivity index (χ1) is 7.77. The Kier molecular flexibility index (Phi) is 2.44. The third-order valence-corrected chi connectivity index (χ3v) is 3.71. The molecule has 0 atom stereocenters. The Morgan fingerprint density at radius 3 is 2.81 bits per heavy atom. The van der Waals surface area contributed by atoms with Crippen molar-refractivity contribution >= 4 is 28.1 Å². The molecule has 0 amide bonds. The van der Waals surface area contributed by atoms with Gasteiger partial charge in [0.1, 0.15) is 0 Å². The van der Waals surface area contributed by atoms with E-state index in [9.17, 15) is 0 Å². The topological polar surface area (TPSA) is 33.6 Å². The van der Waals surface area contributed by atoms with E-state index in [1.807, 2.05) is 24.3 Å². The van der Waals surface area contributed by atoms with Gasteiger partial charge in [0.15, 0.2) is 10.6 Å². The zero-order chi connectivity index (χ0) is 11.1. The van der Waals surface area contributed by atoms with Crippen LogP contribution in [0.15, 0.2) is 28.7 Å². The van der Waals surface area contributed by atoms with Crippen molar-refractivity contribution in [3.05, 3.63) is 33.5 Å². The highest BCUT2D eigenvalue weighted by Gasteiger charge is 2.28. The van der Waals surface area contributed by atoms with Gasteiger partial charge in [-0.2, -0.15) is 5.10 Å². The largest absolute Gasteiger partial charge is 0.297 e. The predicted octanol–water partition coefficient (Wildman–Crippen LogP) is 3.71. The van der Waals surface area contributed by atoms with Crippen molar-refractivity contribution in [1.29, 1.82) is 0 Å². The summed E-state index contributed by atoms with van der Waals surface area (Å²) in [5, 5.41) is 7.20. The fourth-order valence-electron chi connectivity index (χ4n) is 1.81. The first kappa shape index (κ1) is 10.2. The van der Waals surface area contributed by atoms with E-state index in [2.05, 4.69) is 30.7 Å². The summed E-state index contributed by atoms with van der Waals surface area (Å²) >= 11 is 8.81. The highest BCUT2D eigenvalue weighted by Crippen LogP contribution is 2.39. The molecule has 0 spiro atoms. The number of nitrogens with zero attached hydrogens (tertiary/aromatic N) is 2. The minimum Gasteiger partial charge on any atom is -0.297 e. The van der Waals surface area contributed by atoms with Crippen molar-refractivity contribution in [2.24, 2.45) is 0 Å². The second-order valence-corrected chi connectivity index (χ2v) is 5.17. The molecule has 2 aromatic rings. The SMILES string of the molecule is S=c1[nH]nc(-c2ccccc2Br)n1C1CC1. The smallest absolute Gasteiger partial charge is 0.195 e. The lowest BCUT2D eigenvalue weighted by Crippen LogP contribution is -1.97. The third-order valence-electron chi connectivity index (χ3n) is 2.73. The van der Waals surface area contributed by atoms with Gasteiger partial charge in [-0.05, 0) is 31.1 Å². The first-order valence-electron chi connectivity index (χ1n) is 5.19. The number of hydrogen-bond donors (Lipinski definition) is 1. The number of nitrogens with one attached hydrogen (secondary N) is 1. The molecular weight excluding hydrogens is 286 g/mol. The maximum absolute atomic E-state index is 5.26. The molecule has 1 saturated carbocycles. The van der Waals surface area contributed by atoms with E-state index in [1.54, 1.807) is 0 Å². The second-order valence-electron chi connectivity index (χ2n) is 3.93. The highest BCUT2D eigenvalue weighted by molar-refractivity contribution is 9.10. The van der Waals surface area contributed by atoms with Crippen LogP contribution in [0.4, 0.5) is 0 Å². The van der Waals surface area contributed by atoms with Crippen LogP contribution in [0.2, 0.25) is 0 Å². The number of aromatic nitrogens is 3. The minimum atomic E-state index is 0.536. The molecule has 82 valence electrons. The fourth-order valence-corrected chi connectivity index (χ4v) is 2.55. The summed E-state index contributed by atoms with van der Waals surface area (Å²) in [6.45, 7) is 0. The van der Waals surface area contributed by atoms with Gasteiger partial charge < -0.3 is 0 Å². The average molecular weight is 296 g/mol. The molecule has 0 bridgehead atoms. The van der Waals surface area contributed by atoms with E-state index in [0.29, 0.717) is 10.8 Å². The Labute approximate surface area is 107 Å². The van der Waals surface area contributed by atoms with Crippen LogP contribution in [0.25, 0.3) is 11.4 Å². The van der Waals surface area contributed by atoms with Gasteiger partial charge in [-0.1, -0.05) is 34.1 Å². The normalized spacial score (nSPS) is 15.3. The van der Waals surface area contributed by atoms with E-state index in [4.69, 9.17) is 12.2 Å². The van der Waals surface area contributed by atoms with Crippen LogP contribution >= 0.6 is 28.1 Å². The quantitative estimate of drug-likeness (QED) is 0.857. The Balaban J connectivity index is 2.20. The molecule has 1 heterocycles. The van der Waals surface area contributed by atoms with Gasteiger partial charge in [-0.15, -0.1) is 0 Å². The molecule has 16 heavy (non-hydrogen) atoms. The van der Waals surface area contributed by atoms with Crippen molar-refractivity contribution < 1.29 is 0 Å². The average Bonchev–Trinajstić information content (AvgIpc) is 3.04. The number of benzene rings is 1. The highest BCUT2D eigenvalue weighted by atomic mass is 79.9. The molecule has 1 N–H and O–H groups in total. The van der Waals surface area contributed by atoms with E-state index < -0.39 is 0 Å². The summed E-state index contributed by atoms with van der Waals surface area (Å²) in [6.07, 6.45) is 2.40. The summed E-state index contributed by atoms with van der Waals surface area (Å²) in [6, 6.07) is 8.61. The van der Waals surface area contributed by atoms with E-state index >= 15 is 0 Å². The number of H-pyrrole nitrogens is 1. The molecule has 1 fully saturated rings. The van der Waals surface area contributed by atoms with Crippen LogP contribution in [-0.2, 0) is 0 Å². The number of rotatable bonds is 2. The summed E-state index contributed by atoms with van der Waals surface area (Å²) in [4.78, 5) is 0. The standard InChI is InChI=1S/C11H10BrN3S/c12-9-4-2-1-3-8(9)10-13-14-11(16)15(10)7-5-6-7/h1-4,7H,5-6H2,(H,14,16). The van der Waals surface area contributed by atoms with Crippen molar-refractivity contribution in [3.8, 4) is 11.4 Å². The van der Waals surface area contributed by atoms with Gasteiger partial charge in [0.2, 0.25) is 0 Å². The van der Waals surface area contributed by atoms with Crippen LogP contribution in [0, 0.1) is 4.77 Å². The van der Waals surface area contributed by atoms with Crippen molar-refractivity contribution in [1.82, 2.24) is 14.8 Å². The first-order valence-corrected chi connectivity index (χ1v) is 6.39. The van der Waals surface area contributed by atoms with Crippen molar-refractivity contribution in [2.45, 2.75) is 18.9 Å². The molecule has 5 heteroatoms. The molecule has 1 aromatic heterocycles. The number of hydrogen-bond acceptors (Lipinski definition) is 2. The van der Waals surface area contributed by atoms with E-state index in [-0.39, 0.29) is 0 Å². The molecule has 0 unspecified atom stereocenters. The molecule has 1 aliphatic rings. The molecule has 3 nitrogen and oxygen atoms in total. The maximum Gasteiger partial charge on any atom is 0.195 e. The van der Waals surface area contributed by atoms with Crippen LogP contribution in [0.5, 0.6) is 0 Å². The third kappa shape index (κ3) is 1.64. The molecule has 0 aliphatic heterocycles. The maximum atomic E-state index is 5.26. The summed E-state index contributed by atoms with van der Waals surface area (Å²) in [5.41, 5.74) is 1.08. The number of halogens is 1. The summed E-state index contributed by atoms with van der Waals surface area (Å²) in [7, 11) is 0. The lowest BCUT2D eigenvalue weighted by Gasteiger charge is -2.06. The van der Waals surface area contributed by atoms with Crippen molar-refractivity contribution in [2.75, 3.05) is 0 Å². The Hall–Kier alpha value is -0.940. The van der Waals surface area contributed by atoms with E-state index in [0.717, 1.165) is 15.9 Å². The van der Waals surface area contributed by atoms with Gasteiger partial charge in [-0.3, -0.25) is 9.67 Å². The monoisotopic (exact) mass is 295 g/mol. The lowest BCUT2D eigenvalue weighted by molar-refractivity contribution is 0.735. The predicted molar refractivity (Wildman–Crippen MR) is 68.8 cm³/mol. The van der Waals surface area contributed by atoms with Crippen LogP contribution in [-0.4, -0.2) is 14.8 Å². The van der Waals surface area contributed by atoms with Gasteiger partial charge in [0, 0.05) is 16.1 Å². The Morgan fingerprint density at radius 2 is 2.12 bits per heavy atom.